The van der Waals surface area contributed by atoms with Crippen molar-refractivity contribution in [1.29, 1.82) is 0 Å². The van der Waals surface area contributed by atoms with Gasteiger partial charge < -0.3 is 0 Å². The molecule has 1 aliphatic carbocycles. The quantitative estimate of drug-likeness (QED) is 0.618. The molecule has 0 bridgehead atoms. The molecule has 2 atom stereocenters. The summed E-state index contributed by atoms with van der Waals surface area (Å²) in [5.74, 6) is -0.909. The first kappa shape index (κ1) is 17.6. The van der Waals surface area contributed by atoms with Gasteiger partial charge in [0, 0.05) is 6.04 Å². The Morgan fingerprint density at radius 2 is 1.67 bits per heavy atom. The molecule has 6 nitrogen and oxygen atoms in total. The van der Waals surface area contributed by atoms with E-state index in [1.54, 1.807) is 12.1 Å². The highest BCUT2D eigenvalue weighted by Crippen LogP contribution is 2.48. The number of amides is 2. The number of carbonyl (C=O) groups excluding carboxylic acids is 2. The van der Waals surface area contributed by atoms with E-state index in [4.69, 9.17) is 0 Å². The maximum atomic E-state index is 13.1. The van der Waals surface area contributed by atoms with Crippen LogP contribution >= 0.6 is 0 Å². The molecular formula is C20H21FN4O2. The van der Waals surface area contributed by atoms with Gasteiger partial charge in [0.1, 0.15) is 11.9 Å². The molecule has 2 amide bonds. The zero-order chi connectivity index (χ0) is 18.9. The SMILES string of the molecule is O=C(NNC(=O)C1(c2ccc(F)cc2)CC1)C1CC(c2ccccc2)NN1. The number of rotatable bonds is 4. The Labute approximate surface area is 156 Å². The molecule has 2 aromatic rings. The molecule has 27 heavy (non-hydrogen) atoms. The summed E-state index contributed by atoms with van der Waals surface area (Å²) < 4.78 is 13.1. The van der Waals surface area contributed by atoms with Crippen LogP contribution < -0.4 is 21.7 Å². The Morgan fingerprint density at radius 3 is 2.33 bits per heavy atom. The van der Waals surface area contributed by atoms with E-state index in [2.05, 4.69) is 21.7 Å². The van der Waals surface area contributed by atoms with E-state index in [1.165, 1.54) is 12.1 Å². The first-order chi connectivity index (χ1) is 13.1. The molecule has 4 rings (SSSR count). The minimum absolute atomic E-state index is 0.0339. The molecule has 1 saturated heterocycles. The van der Waals surface area contributed by atoms with Gasteiger partial charge >= 0.3 is 0 Å². The number of hydrazine groups is 2. The van der Waals surface area contributed by atoms with Crippen LogP contribution in [0.5, 0.6) is 0 Å². The van der Waals surface area contributed by atoms with Crippen LogP contribution in [0.1, 0.15) is 36.4 Å². The lowest BCUT2D eigenvalue weighted by Crippen LogP contribution is -2.52. The van der Waals surface area contributed by atoms with Gasteiger partial charge in [0.25, 0.3) is 5.91 Å². The highest BCUT2D eigenvalue weighted by atomic mass is 19.1. The highest BCUT2D eigenvalue weighted by molar-refractivity contribution is 5.93. The van der Waals surface area contributed by atoms with Crippen molar-refractivity contribution in [2.75, 3.05) is 0 Å². The minimum atomic E-state index is -0.672. The minimum Gasteiger partial charge on any atom is -0.272 e. The summed E-state index contributed by atoms with van der Waals surface area (Å²) in [6.07, 6.45) is 1.94. The number of halogens is 1. The topological polar surface area (TPSA) is 82.3 Å². The van der Waals surface area contributed by atoms with Gasteiger partial charge in [-0.3, -0.25) is 20.4 Å². The van der Waals surface area contributed by atoms with Crippen molar-refractivity contribution in [3.05, 3.63) is 71.5 Å². The average Bonchev–Trinajstić information content (AvgIpc) is 3.36. The molecule has 0 aromatic heterocycles. The van der Waals surface area contributed by atoms with Gasteiger partial charge in [0.2, 0.25) is 5.91 Å². The third-order valence-corrected chi connectivity index (χ3v) is 5.30. The fourth-order valence-corrected chi connectivity index (χ4v) is 3.50. The Bertz CT molecular complexity index is 837. The summed E-state index contributed by atoms with van der Waals surface area (Å²) >= 11 is 0. The Balaban J connectivity index is 1.32. The van der Waals surface area contributed by atoms with E-state index in [-0.39, 0.29) is 23.7 Å². The number of carbonyl (C=O) groups is 2. The number of hydrogen-bond donors (Lipinski definition) is 4. The van der Waals surface area contributed by atoms with Crippen LogP contribution in [0.3, 0.4) is 0 Å². The van der Waals surface area contributed by atoms with Gasteiger partial charge in [-0.05, 0) is 42.5 Å². The normalized spacial score (nSPS) is 22.9. The van der Waals surface area contributed by atoms with E-state index in [0.29, 0.717) is 19.3 Å². The van der Waals surface area contributed by atoms with E-state index in [1.807, 2.05) is 30.3 Å². The maximum Gasteiger partial charge on any atom is 0.256 e. The zero-order valence-electron chi connectivity index (χ0n) is 14.7. The molecule has 0 spiro atoms. The van der Waals surface area contributed by atoms with Gasteiger partial charge in [-0.15, -0.1) is 0 Å². The van der Waals surface area contributed by atoms with Crippen molar-refractivity contribution in [1.82, 2.24) is 21.7 Å². The summed E-state index contributed by atoms with van der Waals surface area (Å²) in [4.78, 5) is 24.9. The van der Waals surface area contributed by atoms with Gasteiger partial charge in [-0.25, -0.2) is 15.2 Å². The molecule has 1 aliphatic heterocycles. The second-order valence-electron chi connectivity index (χ2n) is 7.07. The van der Waals surface area contributed by atoms with Gasteiger partial charge in [-0.2, -0.15) is 0 Å². The van der Waals surface area contributed by atoms with Gasteiger partial charge in [-0.1, -0.05) is 42.5 Å². The predicted molar refractivity (Wildman–Crippen MR) is 97.5 cm³/mol. The standard InChI is InChI=1S/C20H21FN4O2/c21-15-8-6-14(7-9-15)20(10-11-20)19(27)25-24-18(26)17-12-16(22-23-17)13-4-2-1-3-5-13/h1-9,16-17,22-23H,10-12H2,(H,24,26)(H,25,27). The molecule has 7 heteroatoms. The van der Waals surface area contributed by atoms with E-state index in [9.17, 15) is 14.0 Å². The third-order valence-electron chi connectivity index (χ3n) is 5.30. The van der Waals surface area contributed by atoms with Crippen LogP contribution in [0.4, 0.5) is 4.39 Å². The zero-order valence-corrected chi connectivity index (χ0v) is 14.7. The van der Waals surface area contributed by atoms with Crippen LogP contribution in [0, 0.1) is 5.82 Å². The Morgan fingerprint density at radius 1 is 0.963 bits per heavy atom. The van der Waals surface area contributed by atoms with Crippen LogP contribution in [0.25, 0.3) is 0 Å². The maximum absolute atomic E-state index is 13.1. The lowest BCUT2D eigenvalue weighted by molar-refractivity contribution is -0.131. The van der Waals surface area contributed by atoms with Crippen LogP contribution in [-0.4, -0.2) is 17.9 Å². The lowest BCUT2D eigenvalue weighted by Gasteiger charge is -2.17. The van der Waals surface area contributed by atoms with Crippen molar-refractivity contribution in [3.8, 4) is 0 Å². The van der Waals surface area contributed by atoms with Crippen molar-refractivity contribution in [3.63, 3.8) is 0 Å². The smallest absolute Gasteiger partial charge is 0.256 e. The summed E-state index contributed by atoms with van der Waals surface area (Å²) in [5, 5.41) is 0. The summed E-state index contributed by atoms with van der Waals surface area (Å²) in [6, 6.07) is 15.4. The second-order valence-corrected chi connectivity index (χ2v) is 7.07. The average molecular weight is 368 g/mol. The monoisotopic (exact) mass is 368 g/mol. The first-order valence-electron chi connectivity index (χ1n) is 9.01. The van der Waals surface area contributed by atoms with Crippen molar-refractivity contribution >= 4 is 11.8 Å². The van der Waals surface area contributed by atoms with Crippen molar-refractivity contribution in [2.24, 2.45) is 0 Å². The van der Waals surface area contributed by atoms with E-state index in [0.717, 1.165) is 11.1 Å². The second kappa shape index (κ2) is 7.09. The predicted octanol–water partition coefficient (Wildman–Crippen LogP) is 1.61. The van der Waals surface area contributed by atoms with Crippen molar-refractivity contribution in [2.45, 2.75) is 36.8 Å². The largest absolute Gasteiger partial charge is 0.272 e. The van der Waals surface area contributed by atoms with Gasteiger partial charge in [0.15, 0.2) is 0 Å². The summed E-state index contributed by atoms with van der Waals surface area (Å²) in [5.41, 5.74) is 12.3. The van der Waals surface area contributed by atoms with E-state index < -0.39 is 11.5 Å². The lowest BCUT2D eigenvalue weighted by atomic mass is 9.95. The number of nitrogens with one attached hydrogen (secondary N) is 4. The summed E-state index contributed by atoms with van der Waals surface area (Å²) in [6.45, 7) is 0. The Kier molecular flexibility index (Phi) is 4.63. The molecule has 1 heterocycles. The van der Waals surface area contributed by atoms with Crippen LogP contribution in [0.2, 0.25) is 0 Å². The Hall–Kier alpha value is -2.77. The molecule has 0 radical (unpaired) electrons. The molecule has 2 unspecified atom stereocenters. The molecule has 2 aliphatic rings. The van der Waals surface area contributed by atoms with Crippen LogP contribution in [0.15, 0.2) is 54.6 Å². The molecule has 140 valence electrons. The first-order valence-corrected chi connectivity index (χ1v) is 9.01. The third kappa shape index (κ3) is 3.56. The number of benzene rings is 2. The number of hydrogen-bond acceptors (Lipinski definition) is 4. The fraction of sp³-hybridized carbons (Fsp3) is 0.300. The molecule has 4 N–H and O–H groups in total. The highest BCUT2D eigenvalue weighted by Gasteiger charge is 2.51. The van der Waals surface area contributed by atoms with Crippen molar-refractivity contribution < 1.29 is 14.0 Å². The molecule has 2 aromatic carbocycles. The molecule has 1 saturated carbocycles. The van der Waals surface area contributed by atoms with Gasteiger partial charge in [0.05, 0.1) is 5.41 Å². The van der Waals surface area contributed by atoms with Crippen LogP contribution in [-0.2, 0) is 15.0 Å². The fourth-order valence-electron chi connectivity index (χ4n) is 3.50. The van der Waals surface area contributed by atoms with E-state index >= 15 is 0 Å². The summed E-state index contributed by atoms with van der Waals surface area (Å²) in [7, 11) is 0. The molecule has 2 fully saturated rings. The molecular weight excluding hydrogens is 347 g/mol.